The Morgan fingerprint density at radius 3 is 1.64 bits per heavy atom. The molecule has 2 amide bonds. The number of carbonyl (C=O) groups is 2. The van der Waals surface area contributed by atoms with Crippen molar-refractivity contribution in [2.45, 2.75) is 52.4 Å². The van der Waals surface area contributed by atoms with Crippen molar-refractivity contribution in [3.8, 4) is 0 Å². The predicted octanol–water partition coefficient (Wildman–Crippen LogP) is 8.81. The van der Waals surface area contributed by atoms with Crippen LogP contribution >= 0.6 is 0 Å². The third kappa shape index (κ3) is 8.19. The Labute approximate surface area is 275 Å². The fourth-order valence-electron chi connectivity index (χ4n) is 5.07. The molecular formula is C40H40N4O3. The molecule has 7 heteroatoms. The minimum Gasteiger partial charge on any atom is -0.618 e. The van der Waals surface area contributed by atoms with Gasteiger partial charge in [-0.2, -0.15) is 4.73 Å². The summed E-state index contributed by atoms with van der Waals surface area (Å²) in [5.74, 6) is -0.353. The quantitative estimate of drug-likeness (QED) is 0.151. The molecule has 7 nitrogen and oxygen atoms in total. The van der Waals surface area contributed by atoms with Gasteiger partial charge >= 0.3 is 0 Å². The van der Waals surface area contributed by atoms with Crippen LogP contribution in [0.5, 0.6) is 0 Å². The van der Waals surface area contributed by atoms with Gasteiger partial charge in [-0.1, -0.05) is 96.1 Å². The molecular weight excluding hydrogens is 584 g/mol. The maximum atomic E-state index is 12.4. The monoisotopic (exact) mass is 624 g/mol. The number of aromatic nitrogens is 2. The Balaban J connectivity index is 0.000000185. The van der Waals surface area contributed by atoms with Gasteiger partial charge in [-0.3, -0.25) is 14.6 Å². The van der Waals surface area contributed by atoms with Crippen molar-refractivity contribution in [2.75, 3.05) is 10.6 Å². The molecule has 0 radical (unpaired) electrons. The van der Waals surface area contributed by atoms with Crippen molar-refractivity contribution < 1.29 is 14.3 Å². The first-order valence-electron chi connectivity index (χ1n) is 15.6. The lowest BCUT2D eigenvalue weighted by molar-refractivity contribution is -0.576. The normalized spacial score (nSPS) is 11.4. The van der Waals surface area contributed by atoms with E-state index >= 15 is 0 Å². The van der Waals surface area contributed by atoms with Crippen molar-refractivity contribution in [1.82, 2.24) is 4.98 Å². The Kier molecular flexibility index (Phi) is 9.38. The van der Waals surface area contributed by atoms with E-state index in [9.17, 15) is 14.8 Å². The molecule has 0 saturated heterocycles. The highest BCUT2D eigenvalue weighted by molar-refractivity contribution is 6.05. The Morgan fingerprint density at radius 2 is 1.09 bits per heavy atom. The van der Waals surface area contributed by atoms with E-state index in [0.717, 1.165) is 21.0 Å². The van der Waals surface area contributed by atoms with Gasteiger partial charge in [0.2, 0.25) is 11.7 Å². The number of nitrogens with zero attached hydrogens (tertiary/aromatic N) is 2. The van der Waals surface area contributed by atoms with Gasteiger partial charge in [-0.15, -0.1) is 0 Å². The van der Waals surface area contributed by atoms with Gasteiger partial charge in [-0.05, 0) is 70.5 Å². The van der Waals surface area contributed by atoms with Crippen LogP contribution in [0.3, 0.4) is 0 Å². The summed E-state index contributed by atoms with van der Waals surface area (Å²) in [5.41, 5.74) is 6.38. The van der Waals surface area contributed by atoms with Crippen molar-refractivity contribution in [1.29, 1.82) is 0 Å². The molecule has 6 rings (SSSR count). The van der Waals surface area contributed by atoms with Gasteiger partial charge in [0.25, 0.3) is 11.8 Å². The van der Waals surface area contributed by atoms with Gasteiger partial charge in [0.05, 0.1) is 17.4 Å². The fraction of sp³-hybridized carbons (Fsp3) is 0.200. The molecule has 2 N–H and O–H groups in total. The lowest BCUT2D eigenvalue weighted by Crippen LogP contribution is -2.27. The summed E-state index contributed by atoms with van der Waals surface area (Å²) < 4.78 is 0.771. The standard InChI is InChI=1S/C20H20N2O2.C20H20N2O/c1-20(2,3)16-10-8-14(9-11-16)19(23)21-17-12-15-6-4-5-7-18(15)22(24)13-17;1-20(2,3)16-10-8-14(9-11-16)19(23)22-17-12-15-6-4-5-7-18(15)21-13-17/h4-13H,1-3H3,(H,21,23);4-13H,1-3H3,(H,22,23). The molecule has 0 fully saturated rings. The topological polar surface area (TPSA) is 98.0 Å². The van der Waals surface area contributed by atoms with Crippen LogP contribution in [0.15, 0.2) is 122 Å². The zero-order valence-electron chi connectivity index (χ0n) is 27.7. The SMILES string of the molecule is CC(C)(C)c1ccc(C(=O)Nc2cc3ccccc3[n+]([O-])c2)cc1.CC(C)(C)c1ccc(C(=O)Nc2cnc3ccccc3c2)cc1. The Bertz CT molecular complexity index is 2040. The number of nitrogens with one attached hydrogen (secondary N) is 2. The van der Waals surface area contributed by atoms with Crippen molar-refractivity contribution in [2.24, 2.45) is 0 Å². The van der Waals surface area contributed by atoms with E-state index in [2.05, 4.69) is 57.2 Å². The Hall–Kier alpha value is -5.56. The van der Waals surface area contributed by atoms with Gasteiger partial charge in [-0.25, -0.2) is 0 Å². The summed E-state index contributed by atoms with van der Waals surface area (Å²) in [6.07, 6.45) is 3.06. The van der Waals surface area contributed by atoms with Gasteiger partial charge in [0.1, 0.15) is 5.69 Å². The highest BCUT2D eigenvalue weighted by atomic mass is 16.5. The smallest absolute Gasteiger partial charge is 0.255 e. The summed E-state index contributed by atoms with van der Waals surface area (Å²) in [7, 11) is 0. The fourth-order valence-corrected chi connectivity index (χ4v) is 5.07. The molecule has 2 aromatic heterocycles. The van der Waals surface area contributed by atoms with Crippen molar-refractivity contribution in [3.63, 3.8) is 0 Å². The number of amides is 2. The number of benzene rings is 4. The molecule has 238 valence electrons. The van der Waals surface area contributed by atoms with E-state index in [1.165, 1.54) is 17.3 Å². The number of hydrogen-bond donors (Lipinski definition) is 2. The number of para-hydroxylation sites is 2. The van der Waals surface area contributed by atoms with Gasteiger partial charge in [0.15, 0.2) is 0 Å². The first-order chi connectivity index (χ1) is 22.3. The largest absolute Gasteiger partial charge is 0.618 e. The highest BCUT2D eigenvalue weighted by Gasteiger charge is 2.16. The van der Waals surface area contributed by atoms with Crippen LogP contribution in [0.4, 0.5) is 11.4 Å². The van der Waals surface area contributed by atoms with E-state index in [1.807, 2.05) is 97.1 Å². The highest BCUT2D eigenvalue weighted by Crippen LogP contribution is 2.24. The van der Waals surface area contributed by atoms with E-state index < -0.39 is 0 Å². The van der Waals surface area contributed by atoms with Crippen LogP contribution in [-0.4, -0.2) is 16.8 Å². The molecule has 4 aromatic carbocycles. The van der Waals surface area contributed by atoms with Crippen LogP contribution in [0.25, 0.3) is 21.8 Å². The van der Waals surface area contributed by atoms with E-state index in [4.69, 9.17) is 0 Å². The van der Waals surface area contributed by atoms with E-state index in [0.29, 0.717) is 28.0 Å². The minimum absolute atomic E-state index is 0.0431. The van der Waals surface area contributed by atoms with Crippen molar-refractivity contribution >= 4 is 45.0 Å². The second kappa shape index (κ2) is 13.4. The van der Waals surface area contributed by atoms with Crippen LogP contribution in [0.1, 0.15) is 73.4 Å². The molecule has 0 aliphatic rings. The van der Waals surface area contributed by atoms with Gasteiger partial charge < -0.3 is 15.8 Å². The molecule has 0 spiro atoms. The summed E-state index contributed by atoms with van der Waals surface area (Å²) >= 11 is 0. The zero-order chi connectivity index (χ0) is 33.8. The summed E-state index contributed by atoms with van der Waals surface area (Å²) in [6.45, 7) is 12.9. The molecule has 0 bridgehead atoms. The van der Waals surface area contributed by atoms with E-state index in [-0.39, 0.29) is 22.6 Å². The number of anilines is 2. The summed E-state index contributed by atoms with van der Waals surface area (Å²) in [5, 5.41) is 19.5. The maximum absolute atomic E-state index is 12.4. The third-order valence-electron chi connectivity index (χ3n) is 7.87. The molecule has 0 saturated carbocycles. The first-order valence-corrected chi connectivity index (χ1v) is 15.6. The average Bonchev–Trinajstić information content (AvgIpc) is 3.04. The molecule has 6 aromatic rings. The number of rotatable bonds is 4. The lowest BCUT2D eigenvalue weighted by atomic mass is 9.86. The van der Waals surface area contributed by atoms with Crippen LogP contribution < -0.4 is 15.4 Å². The van der Waals surface area contributed by atoms with Crippen LogP contribution in [0, 0.1) is 5.21 Å². The number of carbonyl (C=O) groups excluding carboxylic acids is 2. The Morgan fingerprint density at radius 1 is 0.617 bits per heavy atom. The number of fused-ring (bicyclic) bond motifs is 2. The predicted molar refractivity (Wildman–Crippen MR) is 191 cm³/mol. The first kappa shape index (κ1) is 32.8. The molecule has 0 aliphatic carbocycles. The second-order valence-corrected chi connectivity index (χ2v) is 13.6. The van der Waals surface area contributed by atoms with Crippen LogP contribution in [0.2, 0.25) is 0 Å². The maximum Gasteiger partial charge on any atom is 0.255 e. The molecule has 47 heavy (non-hydrogen) atoms. The van der Waals surface area contributed by atoms with Crippen molar-refractivity contribution in [3.05, 3.63) is 149 Å². The van der Waals surface area contributed by atoms with Crippen LogP contribution in [-0.2, 0) is 10.8 Å². The average molecular weight is 625 g/mol. The molecule has 0 aliphatic heterocycles. The van der Waals surface area contributed by atoms with E-state index in [1.54, 1.807) is 18.3 Å². The lowest BCUT2D eigenvalue weighted by Gasteiger charge is -2.19. The minimum atomic E-state index is -0.231. The molecule has 0 atom stereocenters. The second-order valence-electron chi connectivity index (χ2n) is 13.6. The number of pyridine rings is 2. The molecule has 2 heterocycles. The zero-order valence-corrected chi connectivity index (χ0v) is 27.7. The molecule has 0 unspecified atom stereocenters. The summed E-state index contributed by atoms with van der Waals surface area (Å²) in [4.78, 5) is 29.1. The summed E-state index contributed by atoms with van der Waals surface area (Å²) in [6, 6.07) is 34.1. The number of hydrogen-bond acceptors (Lipinski definition) is 4. The van der Waals surface area contributed by atoms with Gasteiger partial charge in [0, 0.05) is 28.0 Å². The third-order valence-corrected chi connectivity index (χ3v) is 7.87.